The van der Waals surface area contributed by atoms with Gasteiger partial charge in [0.1, 0.15) is 0 Å². The topological polar surface area (TPSA) is 72.5 Å². The van der Waals surface area contributed by atoms with Gasteiger partial charge in [0, 0.05) is 12.5 Å². The van der Waals surface area contributed by atoms with Gasteiger partial charge in [-0.15, -0.1) is 0 Å². The van der Waals surface area contributed by atoms with Crippen molar-refractivity contribution in [1.29, 1.82) is 0 Å². The minimum absolute atomic E-state index is 0.0219. The Bertz CT molecular complexity index is 760. The Balaban J connectivity index is 1.57. The van der Waals surface area contributed by atoms with Crippen molar-refractivity contribution in [2.75, 3.05) is 7.11 Å². The van der Waals surface area contributed by atoms with Crippen LogP contribution in [0.25, 0.3) is 0 Å². The lowest BCUT2D eigenvalue weighted by Crippen LogP contribution is -2.43. The van der Waals surface area contributed by atoms with Gasteiger partial charge in [-0.05, 0) is 68.4 Å². The normalized spacial score (nSPS) is 27.3. The lowest BCUT2D eigenvalue weighted by Gasteiger charge is -2.31. The molecule has 2 fully saturated rings. The van der Waals surface area contributed by atoms with Gasteiger partial charge in [0.25, 0.3) is 0 Å². The van der Waals surface area contributed by atoms with Crippen molar-refractivity contribution in [3.05, 3.63) is 42.5 Å². The Morgan fingerprint density at radius 1 is 1.19 bits per heavy atom. The molecular formula is C21H29NO4S. The standard InChI is InChI=1S/C21H29NO4S/c1-26-20(23)12-8-3-2-7-11-19-16-13-14-17(15-16)21(19)22-27(24,25)18-9-5-4-6-10-18/h2,4-7,9-10,16-17,19,21-22H,3,8,11-15H2,1H3/t16-,17+,19?,21?/m0/s1. The molecule has 1 N–H and O–H groups in total. The third kappa shape index (κ3) is 4.99. The van der Waals surface area contributed by atoms with E-state index >= 15 is 0 Å². The molecule has 5 nitrogen and oxygen atoms in total. The number of allylic oxidation sites excluding steroid dienone is 2. The van der Waals surface area contributed by atoms with Gasteiger partial charge in [0.2, 0.25) is 10.0 Å². The fourth-order valence-corrected chi connectivity index (χ4v) is 5.99. The summed E-state index contributed by atoms with van der Waals surface area (Å²) in [5.41, 5.74) is 0. The highest BCUT2D eigenvalue weighted by molar-refractivity contribution is 7.89. The molecule has 0 heterocycles. The molecule has 3 rings (SSSR count). The number of carbonyl (C=O) groups excluding carboxylic acids is 1. The zero-order valence-corrected chi connectivity index (χ0v) is 16.7. The van der Waals surface area contributed by atoms with Crippen LogP contribution < -0.4 is 4.72 Å². The smallest absolute Gasteiger partial charge is 0.305 e. The predicted molar refractivity (Wildman–Crippen MR) is 104 cm³/mol. The largest absolute Gasteiger partial charge is 0.469 e. The Morgan fingerprint density at radius 3 is 2.67 bits per heavy atom. The number of ether oxygens (including phenoxy) is 1. The number of methoxy groups -OCH3 is 1. The molecule has 2 aliphatic carbocycles. The van der Waals surface area contributed by atoms with E-state index in [-0.39, 0.29) is 12.0 Å². The molecule has 27 heavy (non-hydrogen) atoms. The summed E-state index contributed by atoms with van der Waals surface area (Å²) < 4.78 is 33.1. The highest BCUT2D eigenvalue weighted by Crippen LogP contribution is 2.50. The van der Waals surface area contributed by atoms with E-state index in [1.54, 1.807) is 24.3 Å². The summed E-state index contributed by atoms with van der Waals surface area (Å²) in [6.45, 7) is 0. The number of esters is 1. The average molecular weight is 392 g/mol. The molecule has 2 aliphatic rings. The quantitative estimate of drug-likeness (QED) is 0.396. The van der Waals surface area contributed by atoms with E-state index in [9.17, 15) is 13.2 Å². The number of fused-ring (bicyclic) bond motifs is 2. The number of benzene rings is 1. The third-order valence-corrected chi connectivity index (χ3v) is 7.46. The number of nitrogens with one attached hydrogen (secondary N) is 1. The van der Waals surface area contributed by atoms with E-state index in [1.165, 1.54) is 13.5 Å². The van der Waals surface area contributed by atoms with Crippen molar-refractivity contribution < 1.29 is 17.9 Å². The van der Waals surface area contributed by atoms with E-state index in [0.717, 1.165) is 32.1 Å². The van der Waals surface area contributed by atoms with E-state index in [4.69, 9.17) is 0 Å². The Labute approximate surface area is 162 Å². The maximum atomic E-state index is 12.7. The summed E-state index contributed by atoms with van der Waals surface area (Å²) in [4.78, 5) is 11.5. The molecule has 1 aromatic rings. The summed E-state index contributed by atoms with van der Waals surface area (Å²) in [5, 5.41) is 0. The van der Waals surface area contributed by atoms with Crippen LogP contribution in [0, 0.1) is 17.8 Å². The van der Waals surface area contributed by atoms with Crippen molar-refractivity contribution in [1.82, 2.24) is 4.72 Å². The van der Waals surface area contributed by atoms with Crippen molar-refractivity contribution in [2.24, 2.45) is 17.8 Å². The maximum Gasteiger partial charge on any atom is 0.305 e. The van der Waals surface area contributed by atoms with E-state index in [2.05, 4.69) is 21.6 Å². The molecule has 0 radical (unpaired) electrons. The Kier molecular flexibility index (Phi) is 6.71. The van der Waals surface area contributed by atoms with Crippen molar-refractivity contribution in [3.8, 4) is 0 Å². The van der Waals surface area contributed by atoms with Crippen LogP contribution in [0.4, 0.5) is 0 Å². The zero-order chi connectivity index (χ0) is 19.3. The molecule has 2 bridgehead atoms. The lowest BCUT2D eigenvalue weighted by atomic mass is 9.83. The molecule has 2 saturated carbocycles. The molecule has 1 aromatic carbocycles. The Morgan fingerprint density at radius 2 is 1.93 bits per heavy atom. The number of unbranched alkanes of at least 4 members (excludes halogenated alkanes) is 1. The van der Waals surface area contributed by atoms with E-state index in [0.29, 0.717) is 29.1 Å². The second-order valence-electron chi connectivity index (χ2n) is 7.63. The predicted octanol–water partition coefficient (Wildman–Crippen LogP) is 3.67. The fourth-order valence-electron chi connectivity index (χ4n) is 4.62. The van der Waals surface area contributed by atoms with Gasteiger partial charge < -0.3 is 4.74 Å². The van der Waals surface area contributed by atoms with E-state index < -0.39 is 10.0 Å². The number of rotatable bonds is 9. The Hall–Kier alpha value is -1.66. The molecule has 0 aliphatic heterocycles. The number of carbonyl (C=O) groups is 1. The summed E-state index contributed by atoms with van der Waals surface area (Å²) in [7, 11) is -2.07. The minimum atomic E-state index is -3.48. The van der Waals surface area contributed by atoms with Crippen molar-refractivity contribution in [2.45, 2.75) is 55.9 Å². The van der Waals surface area contributed by atoms with Crippen LogP contribution in [0.15, 0.2) is 47.4 Å². The highest BCUT2D eigenvalue weighted by atomic mass is 32.2. The SMILES string of the molecule is COC(=O)CCCC=CCC1C(NS(=O)(=O)c2ccccc2)[C@@H]2CC[C@H]1C2. The number of hydrogen-bond donors (Lipinski definition) is 1. The zero-order valence-electron chi connectivity index (χ0n) is 15.8. The van der Waals surface area contributed by atoms with Gasteiger partial charge in [0.15, 0.2) is 0 Å². The van der Waals surface area contributed by atoms with Crippen molar-refractivity contribution >= 4 is 16.0 Å². The molecule has 0 amide bonds. The van der Waals surface area contributed by atoms with Crippen LogP contribution in [0.1, 0.15) is 44.9 Å². The molecule has 0 spiro atoms. The molecule has 2 unspecified atom stereocenters. The van der Waals surface area contributed by atoms with Gasteiger partial charge in [-0.1, -0.05) is 30.4 Å². The second kappa shape index (κ2) is 9.02. The third-order valence-electron chi connectivity index (χ3n) is 5.99. The van der Waals surface area contributed by atoms with Crippen LogP contribution in [0.2, 0.25) is 0 Å². The molecule has 6 heteroatoms. The summed E-state index contributed by atoms with van der Waals surface area (Å²) in [6, 6.07) is 8.64. The van der Waals surface area contributed by atoms with Gasteiger partial charge in [0.05, 0.1) is 12.0 Å². The molecule has 0 saturated heterocycles. The highest BCUT2D eigenvalue weighted by Gasteiger charge is 2.48. The van der Waals surface area contributed by atoms with Crippen LogP contribution in [-0.2, 0) is 19.6 Å². The van der Waals surface area contributed by atoms with Gasteiger partial charge in [-0.2, -0.15) is 0 Å². The summed E-state index contributed by atoms with van der Waals surface area (Å²) >= 11 is 0. The first-order chi connectivity index (χ1) is 13.0. The minimum Gasteiger partial charge on any atom is -0.469 e. The van der Waals surface area contributed by atoms with Gasteiger partial charge >= 0.3 is 5.97 Å². The maximum absolute atomic E-state index is 12.7. The monoisotopic (exact) mass is 391 g/mol. The fraction of sp³-hybridized carbons (Fsp3) is 0.571. The van der Waals surface area contributed by atoms with Gasteiger partial charge in [-0.3, -0.25) is 4.79 Å². The van der Waals surface area contributed by atoms with E-state index in [1.807, 2.05) is 6.07 Å². The molecule has 148 valence electrons. The molecule has 0 aromatic heterocycles. The second-order valence-corrected chi connectivity index (χ2v) is 9.35. The first-order valence-corrected chi connectivity index (χ1v) is 11.3. The number of sulfonamides is 1. The van der Waals surface area contributed by atoms with Crippen LogP contribution in [0.3, 0.4) is 0 Å². The summed E-state index contributed by atoms with van der Waals surface area (Å²) in [6.07, 6.45) is 10.7. The molecule has 4 atom stereocenters. The first-order valence-electron chi connectivity index (χ1n) is 9.80. The van der Waals surface area contributed by atoms with Crippen LogP contribution >= 0.6 is 0 Å². The van der Waals surface area contributed by atoms with Crippen LogP contribution in [-0.4, -0.2) is 27.5 Å². The van der Waals surface area contributed by atoms with Gasteiger partial charge in [-0.25, -0.2) is 13.1 Å². The number of hydrogen-bond acceptors (Lipinski definition) is 4. The first kappa shape index (κ1) is 20.1. The van der Waals surface area contributed by atoms with Crippen LogP contribution in [0.5, 0.6) is 0 Å². The average Bonchev–Trinajstić information content (AvgIpc) is 3.27. The van der Waals surface area contributed by atoms with Crippen molar-refractivity contribution in [3.63, 3.8) is 0 Å². The molecular weight excluding hydrogens is 362 g/mol. The lowest BCUT2D eigenvalue weighted by molar-refractivity contribution is -0.140. The summed E-state index contributed by atoms with van der Waals surface area (Å²) in [5.74, 6) is 1.25.